The number of anilines is 1. The Bertz CT molecular complexity index is 1650. The number of nitrogens with two attached hydrogens (primary N) is 1. The highest BCUT2D eigenvalue weighted by molar-refractivity contribution is 6.43. The van der Waals surface area contributed by atoms with Gasteiger partial charge >= 0.3 is 0 Å². The second-order valence-corrected chi connectivity index (χ2v) is 11.4. The number of ketones is 1. The van der Waals surface area contributed by atoms with Gasteiger partial charge in [-0.2, -0.15) is 5.26 Å². The van der Waals surface area contributed by atoms with Crippen molar-refractivity contribution in [3.63, 3.8) is 0 Å². The summed E-state index contributed by atoms with van der Waals surface area (Å²) in [6.07, 6.45) is 1.71. The number of hydrogen-bond acceptors (Lipinski definition) is 5. The molecule has 1 heterocycles. The smallest absolute Gasteiger partial charge is 0.161 e. The summed E-state index contributed by atoms with van der Waals surface area (Å²) in [5, 5.41) is 11.8. The van der Waals surface area contributed by atoms with Crippen molar-refractivity contribution in [2.45, 2.75) is 52.6 Å². The van der Waals surface area contributed by atoms with Gasteiger partial charge in [-0.25, -0.2) is 0 Å². The number of benzene rings is 3. The molecule has 5 nitrogen and oxygen atoms in total. The third kappa shape index (κ3) is 4.97. The third-order valence-corrected chi connectivity index (χ3v) is 8.66. The molecule has 0 amide bonds. The molecule has 1 unspecified atom stereocenters. The number of Topliss-reactive ketones (excluding diaryl/α,β-unsaturated/α-hetero) is 1. The Morgan fingerprint density at radius 1 is 1.07 bits per heavy atom. The van der Waals surface area contributed by atoms with Crippen LogP contribution in [0.25, 0.3) is 0 Å². The molecule has 0 saturated carbocycles. The summed E-state index contributed by atoms with van der Waals surface area (Å²) in [5.41, 5.74) is 13.7. The third-order valence-electron chi connectivity index (χ3n) is 7.62. The SMILES string of the molecule is Cc1cc(COc2ccc(Cl)cc2C)c(C)c(C2C(C#N)=C(N)N(c3cccc(Cl)c3Cl)C3=C2C(=O)CCC3)c1. The van der Waals surface area contributed by atoms with Crippen LogP contribution < -0.4 is 15.4 Å². The Kier molecular flexibility index (Phi) is 7.88. The molecule has 0 aromatic heterocycles. The fourth-order valence-electron chi connectivity index (χ4n) is 5.68. The molecule has 204 valence electrons. The highest BCUT2D eigenvalue weighted by atomic mass is 35.5. The predicted octanol–water partition coefficient (Wildman–Crippen LogP) is 8.46. The number of allylic oxidation sites excluding steroid dienone is 3. The molecule has 40 heavy (non-hydrogen) atoms. The molecule has 3 aromatic rings. The standard InChI is InChI=1S/C32H28Cl3N3O2/c1-17-12-20(16-40-28-11-10-21(33)14-18(28)2)19(3)22(13-17)29-23(15-36)32(37)38(25-7-5-9-27(39)30(25)29)26-8-4-6-24(34)31(26)35/h4,6,8,10-14,29H,5,7,9,16,37H2,1-3H3. The second-order valence-electron chi connectivity index (χ2n) is 10.2. The number of hydrogen-bond donors (Lipinski definition) is 1. The van der Waals surface area contributed by atoms with Crippen molar-refractivity contribution in [3.8, 4) is 11.8 Å². The van der Waals surface area contributed by atoms with Gasteiger partial charge in [-0.1, -0.05) is 58.6 Å². The van der Waals surface area contributed by atoms with Crippen LogP contribution in [0.2, 0.25) is 15.1 Å². The molecule has 5 rings (SSSR count). The van der Waals surface area contributed by atoms with E-state index in [4.69, 9.17) is 45.3 Å². The van der Waals surface area contributed by atoms with Gasteiger partial charge in [0.2, 0.25) is 0 Å². The second kappa shape index (κ2) is 11.2. The summed E-state index contributed by atoms with van der Waals surface area (Å²) in [6, 6.07) is 17.2. The number of ether oxygens (including phenoxy) is 1. The molecule has 0 bridgehead atoms. The Morgan fingerprint density at radius 2 is 1.85 bits per heavy atom. The molecule has 1 aliphatic carbocycles. The van der Waals surface area contributed by atoms with Crippen LogP contribution in [0.15, 0.2) is 71.2 Å². The van der Waals surface area contributed by atoms with Gasteiger partial charge in [0.25, 0.3) is 0 Å². The minimum absolute atomic E-state index is 0.00476. The zero-order valence-corrected chi connectivity index (χ0v) is 24.7. The summed E-state index contributed by atoms with van der Waals surface area (Å²) >= 11 is 19.1. The fourth-order valence-corrected chi connectivity index (χ4v) is 6.29. The van der Waals surface area contributed by atoms with Crippen molar-refractivity contribution in [3.05, 3.63) is 114 Å². The van der Waals surface area contributed by atoms with Crippen molar-refractivity contribution in [2.24, 2.45) is 5.73 Å². The van der Waals surface area contributed by atoms with E-state index in [1.54, 1.807) is 29.2 Å². The van der Waals surface area contributed by atoms with Crippen molar-refractivity contribution >= 4 is 46.3 Å². The molecule has 1 aliphatic heterocycles. The van der Waals surface area contributed by atoms with E-state index in [0.717, 1.165) is 39.3 Å². The lowest BCUT2D eigenvalue weighted by Crippen LogP contribution is -2.39. The largest absolute Gasteiger partial charge is 0.489 e. The van der Waals surface area contributed by atoms with Gasteiger partial charge < -0.3 is 10.5 Å². The van der Waals surface area contributed by atoms with Crippen LogP contribution in [0.3, 0.4) is 0 Å². The normalized spacial score (nSPS) is 17.2. The Hall–Kier alpha value is -3.43. The molecular weight excluding hydrogens is 565 g/mol. The molecule has 0 spiro atoms. The lowest BCUT2D eigenvalue weighted by molar-refractivity contribution is -0.116. The van der Waals surface area contributed by atoms with E-state index in [9.17, 15) is 10.1 Å². The number of nitriles is 1. The average Bonchev–Trinajstić information content (AvgIpc) is 2.91. The van der Waals surface area contributed by atoms with Gasteiger partial charge in [0.1, 0.15) is 18.2 Å². The van der Waals surface area contributed by atoms with E-state index in [0.29, 0.717) is 57.8 Å². The molecule has 0 fully saturated rings. The van der Waals surface area contributed by atoms with E-state index in [1.165, 1.54) is 0 Å². The van der Waals surface area contributed by atoms with Gasteiger partial charge in [0.05, 0.1) is 33.3 Å². The van der Waals surface area contributed by atoms with E-state index in [1.807, 2.05) is 39.0 Å². The monoisotopic (exact) mass is 591 g/mol. The van der Waals surface area contributed by atoms with Crippen molar-refractivity contribution in [1.29, 1.82) is 5.26 Å². The summed E-state index contributed by atoms with van der Waals surface area (Å²) in [6.45, 7) is 6.27. The van der Waals surface area contributed by atoms with Crippen LogP contribution >= 0.6 is 34.8 Å². The lowest BCUT2D eigenvalue weighted by atomic mass is 9.73. The zero-order chi connectivity index (χ0) is 28.7. The van der Waals surface area contributed by atoms with Crippen molar-refractivity contribution in [2.75, 3.05) is 4.90 Å². The quantitative estimate of drug-likeness (QED) is 0.321. The summed E-state index contributed by atoms with van der Waals surface area (Å²) in [7, 11) is 0. The van der Waals surface area contributed by atoms with Gasteiger partial charge in [-0.05, 0) is 86.2 Å². The van der Waals surface area contributed by atoms with E-state index >= 15 is 0 Å². The molecule has 8 heteroatoms. The van der Waals surface area contributed by atoms with Gasteiger partial charge in [0.15, 0.2) is 5.78 Å². The summed E-state index contributed by atoms with van der Waals surface area (Å²) < 4.78 is 6.18. The van der Waals surface area contributed by atoms with E-state index in [2.05, 4.69) is 12.1 Å². The van der Waals surface area contributed by atoms with Gasteiger partial charge in [-0.15, -0.1) is 0 Å². The van der Waals surface area contributed by atoms with Crippen LogP contribution in [-0.2, 0) is 11.4 Å². The number of halogens is 3. The number of nitrogens with zero attached hydrogens (tertiary/aromatic N) is 2. The van der Waals surface area contributed by atoms with Crippen LogP contribution in [0.4, 0.5) is 5.69 Å². The predicted molar refractivity (Wildman–Crippen MR) is 161 cm³/mol. The zero-order valence-electron chi connectivity index (χ0n) is 22.4. The minimum Gasteiger partial charge on any atom is -0.489 e. The first kappa shape index (κ1) is 28.1. The highest BCUT2D eigenvalue weighted by Crippen LogP contribution is 2.49. The first-order valence-electron chi connectivity index (χ1n) is 13.0. The summed E-state index contributed by atoms with van der Waals surface area (Å²) in [4.78, 5) is 15.4. The maximum absolute atomic E-state index is 13.6. The highest BCUT2D eigenvalue weighted by Gasteiger charge is 2.41. The molecule has 0 saturated heterocycles. The molecule has 0 radical (unpaired) electrons. The number of carbonyl (C=O) groups excluding carboxylic acids is 1. The van der Waals surface area contributed by atoms with E-state index in [-0.39, 0.29) is 11.6 Å². The van der Waals surface area contributed by atoms with Crippen LogP contribution in [0.1, 0.15) is 53.0 Å². The Balaban J connectivity index is 1.65. The number of carbonyl (C=O) groups is 1. The van der Waals surface area contributed by atoms with Crippen LogP contribution in [0, 0.1) is 32.1 Å². The maximum Gasteiger partial charge on any atom is 0.161 e. The van der Waals surface area contributed by atoms with Gasteiger partial charge in [-0.3, -0.25) is 9.69 Å². The van der Waals surface area contributed by atoms with Crippen molar-refractivity contribution < 1.29 is 9.53 Å². The van der Waals surface area contributed by atoms with Gasteiger partial charge in [0, 0.05) is 22.7 Å². The fraction of sp³-hybridized carbons (Fsp3) is 0.250. The average molecular weight is 593 g/mol. The first-order chi connectivity index (χ1) is 19.1. The minimum atomic E-state index is -0.599. The van der Waals surface area contributed by atoms with Crippen molar-refractivity contribution in [1.82, 2.24) is 0 Å². The Labute approximate surface area is 249 Å². The van der Waals surface area contributed by atoms with Crippen LogP contribution in [0.5, 0.6) is 5.75 Å². The lowest BCUT2D eigenvalue weighted by Gasteiger charge is -2.40. The maximum atomic E-state index is 13.6. The molecular formula is C32H28Cl3N3O2. The molecule has 2 N–H and O–H groups in total. The molecule has 2 aliphatic rings. The number of aryl methyl sites for hydroxylation is 2. The number of rotatable bonds is 5. The summed E-state index contributed by atoms with van der Waals surface area (Å²) in [5.74, 6) is 0.400. The topological polar surface area (TPSA) is 79.3 Å². The molecule has 3 aromatic carbocycles. The van der Waals surface area contributed by atoms with E-state index < -0.39 is 5.92 Å². The first-order valence-corrected chi connectivity index (χ1v) is 14.1. The molecule has 1 atom stereocenters. The Morgan fingerprint density at radius 3 is 2.58 bits per heavy atom. The van der Waals surface area contributed by atoms with Crippen LogP contribution in [-0.4, -0.2) is 5.78 Å².